The maximum Gasteiger partial charge on any atom is 0.338 e. The monoisotopic (exact) mass is 232 g/mol. The van der Waals surface area contributed by atoms with Crippen molar-refractivity contribution in [2.75, 3.05) is 0 Å². The molecule has 0 unspecified atom stereocenters. The summed E-state index contributed by atoms with van der Waals surface area (Å²) in [5, 5.41) is 11.9. The molecule has 0 fully saturated rings. The van der Waals surface area contributed by atoms with E-state index in [-0.39, 0.29) is 5.56 Å². The average molecular weight is 232 g/mol. The van der Waals surface area contributed by atoms with Gasteiger partial charge >= 0.3 is 5.97 Å². The van der Waals surface area contributed by atoms with Crippen LogP contribution in [0.2, 0.25) is 0 Å². The standard InChI is InChI=1S/C12H12N2O3/c15-12(16)10-5-11(17-8-10)7-14-6-9-1-3-13-4-2-9/h1-5,8,14H,6-7H2,(H,15,16). The first kappa shape index (κ1) is 11.3. The normalized spacial score (nSPS) is 10.4. The Hall–Kier alpha value is -2.14. The molecule has 2 heterocycles. The predicted octanol–water partition coefficient (Wildman–Crippen LogP) is 1.66. The molecule has 0 bridgehead atoms. The highest BCUT2D eigenvalue weighted by Crippen LogP contribution is 2.07. The highest BCUT2D eigenvalue weighted by Gasteiger charge is 2.07. The van der Waals surface area contributed by atoms with Gasteiger partial charge in [-0.15, -0.1) is 0 Å². The number of carbonyl (C=O) groups is 1. The summed E-state index contributed by atoms with van der Waals surface area (Å²) in [7, 11) is 0. The number of carboxylic acids is 1. The molecule has 2 N–H and O–H groups in total. The van der Waals surface area contributed by atoms with Crippen molar-refractivity contribution in [1.82, 2.24) is 10.3 Å². The van der Waals surface area contributed by atoms with Crippen LogP contribution >= 0.6 is 0 Å². The highest BCUT2D eigenvalue weighted by molar-refractivity contribution is 5.87. The van der Waals surface area contributed by atoms with E-state index in [1.54, 1.807) is 12.4 Å². The van der Waals surface area contributed by atoms with E-state index in [4.69, 9.17) is 9.52 Å². The van der Waals surface area contributed by atoms with Crippen molar-refractivity contribution in [2.45, 2.75) is 13.1 Å². The number of aromatic carboxylic acids is 1. The summed E-state index contributed by atoms with van der Waals surface area (Å²) in [6.45, 7) is 1.18. The van der Waals surface area contributed by atoms with Crippen LogP contribution < -0.4 is 5.32 Å². The molecule has 0 aliphatic heterocycles. The lowest BCUT2D eigenvalue weighted by molar-refractivity contribution is 0.0696. The SMILES string of the molecule is O=C(O)c1coc(CNCc2ccncc2)c1. The lowest BCUT2D eigenvalue weighted by atomic mass is 10.2. The van der Waals surface area contributed by atoms with Crippen molar-refractivity contribution in [3.05, 3.63) is 53.7 Å². The number of carboxylic acid groups (broad SMARTS) is 1. The molecule has 0 aliphatic rings. The van der Waals surface area contributed by atoms with Crippen LogP contribution in [0.1, 0.15) is 21.7 Å². The first-order valence-electron chi connectivity index (χ1n) is 5.16. The third-order valence-corrected chi connectivity index (χ3v) is 2.28. The van der Waals surface area contributed by atoms with Crippen LogP contribution in [0, 0.1) is 0 Å². The quantitative estimate of drug-likeness (QED) is 0.820. The Morgan fingerprint density at radius 2 is 2.12 bits per heavy atom. The Morgan fingerprint density at radius 3 is 2.76 bits per heavy atom. The fourth-order valence-corrected chi connectivity index (χ4v) is 1.42. The molecule has 0 aliphatic carbocycles. The molecule has 17 heavy (non-hydrogen) atoms. The van der Waals surface area contributed by atoms with Gasteiger partial charge in [-0.25, -0.2) is 4.79 Å². The number of hydrogen-bond donors (Lipinski definition) is 2. The summed E-state index contributed by atoms with van der Waals surface area (Å²) in [5.74, 6) is -0.370. The van der Waals surface area contributed by atoms with Gasteiger partial charge in [0.1, 0.15) is 12.0 Å². The number of pyridine rings is 1. The van der Waals surface area contributed by atoms with Crippen LogP contribution in [-0.4, -0.2) is 16.1 Å². The van der Waals surface area contributed by atoms with E-state index in [0.29, 0.717) is 18.8 Å². The van der Waals surface area contributed by atoms with E-state index in [9.17, 15) is 4.79 Å². The molecule has 0 atom stereocenters. The summed E-state index contributed by atoms with van der Waals surface area (Å²) in [4.78, 5) is 14.5. The molecule has 88 valence electrons. The lowest BCUT2D eigenvalue weighted by Crippen LogP contribution is -2.12. The Kier molecular flexibility index (Phi) is 3.52. The van der Waals surface area contributed by atoms with Gasteiger partial charge in [0.2, 0.25) is 0 Å². The lowest BCUT2D eigenvalue weighted by Gasteiger charge is -2.01. The van der Waals surface area contributed by atoms with Gasteiger partial charge in [0.25, 0.3) is 0 Å². The predicted molar refractivity (Wildman–Crippen MR) is 60.4 cm³/mol. The minimum atomic E-state index is -0.978. The van der Waals surface area contributed by atoms with E-state index >= 15 is 0 Å². The summed E-state index contributed by atoms with van der Waals surface area (Å²) >= 11 is 0. The van der Waals surface area contributed by atoms with Crippen molar-refractivity contribution in [2.24, 2.45) is 0 Å². The molecular weight excluding hydrogens is 220 g/mol. The number of furan rings is 1. The van der Waals surface area contributed by atoms with Crippen molar-refractivity contribution >= 4 is 5.97 Å². The maximum absolute atomic E-state index is 10.6. The Bertz CT molecular complexity index is 493. The molecule has 5 heteroatoms. The van der Waals surface area contributed by atoms with Crippen molar-refractivity contribution in [3.63, 3.8) is 0 Å². The molecule has 0 saturated heterocycles. The second-order valence-corrected chi connectivity index (χ2v) is 3.57. The van der Waals surface area contributed by atoms with Gasteiger partial charge in [0.05, 0.1) is 12.1 Å². The van der Waals surface area contributed by atoms with Crippen molar-refractivity contribution in [3.8, 4) is 0 Å². The number of hydrogen-bond acceptors (Lipinski definition) is 4. The zero-order valence-electron chi connectivity index (χ0n) is 9.09. The first-order valence-corrected chi connectivity index (χ1v) is 5.16. The number of aromatic nitrogens is 1. The molecule has 2 aromatic heterocycles. The summed E-state index contributed by atoms with van der Waals surface area (Å²) < 4.78 is 5.11. The molecule has 0 saturated carbocycles. The molecule has 0 aromatic carbocycles. The fraction of sp³-hybridized carbons (Fsp3) is 0.167. The van der Waals surface area contributed by atoms with Gasteiger partial charge in [-0.1, -0.05) is 0 Å². The van der Waals surface area contributed by atoms with Crippen molar-refractivity contribution < 1.29 is 14.3 Å². The topological polar surface area (TPSA) is 75.4 Å². The van der Waals surface area contributed by atoms with Gasteiger partial charge in [-0.3, -0.25) is 4.98 Å². The molecule has 5 nitrogen and oxygen atoms in total. The van der Waals surface area contributed by atoms with Gasteiger partial charge < -0.3 is 14.8 Å². The summed E-state index contributed by atoms with van der Waals surface area (Å²) in [6.07, 6.45) is 4.70. The van der Waals surface area contributed by atoms with E-state index in [1.807, 2.05) is 12.1 Å². The third-order valence-electron chi connectivity index (χ3n) is 2.28. The Balaban J connectivity index is 1.84. The van der Waals surface area contributed by atoms with Gasteiger partial charge in [0.15, 0.2) is 0 Å². The number of rotatable bonds is 5. The maximum atomic E-state index is 10.6. The zero-order valence-corrected chi connectivity index (χ0v) is 9.09. The van der Waals surface area contributed by atoms with Gasteiger partial charge in [-0.2, -0.15) is 0 Å². The minimum absolute atomic E-state index is 0.172. The zero-order chi connectivity index (χ0) is 12.1. The fourth-order valence-electron chi connectivity index (χ4n) is 1.42. The molecule has 0 radical (unpaired) electrons. The largest absolute Gasteiger partial charge is 0.478 e. The van der Waals surface area contributed by atoms with Crippen LogP contribution in [0.15, 0.2) is 41.3 Å². The van der Waals surface area contributed by atoms with E-state index in [0.717, 1.165) is 5.56 Å². The highest BCUT2D eigenvalue weighted by atomic mass is 16.4. The van der Waals surface area contributed by atoms with E-state index in [2.05, 4.69) is 10.3 Å². The van der Waals surface area contributed by atoms with Crippen LogP contribution in [0.4, 0.5) is 0 Å². The first-order chi connectivity index (χ1) is 8.25. The second-order valence-electron chi connectivity index (χ2n) is 3.57. The van der Waals surface area contributed by atoms with Crippen LogP contribution in [-0.2, 0) is 13.1 Å². The van der Waals surface area contributed by atoms with E-state index in [1.165, 1.54) is 12.3 Å². The van der Waals surface area contributed by atoms with Gasteiger partial charge in [-0.05, 0) is 23.8 Å². The Morgan fingerprint density at radius 1 is 1.35 bits per heavy atom. The number of nitrogens with zero attached hydrogens (tertiary/aromatic N) is 1. The minimum Gasteiger partial charge on any atom is -0.478 e. The van der Waals surface area contributed by atoms with Gasteiger partial charge in [0, 0.05) is 18.9 Å². The number of nitrogens with one attached hydrogen (secondary N) is 1. The van der Waals surface area contributed by atoms with Crippen LogP contribution in [0.25, 0.3) is 0 Å². The molecule has 0 amide bonds. The summed E-state index contributed by atoms with van der Waals surface area (Å²) in [5.41, 5.74) is 1.29. The summed E-state index contributed by atoms with van der Waals surface area (Å²) in [6, 6.07) is 5.34. The third kappa shape index (κ3) is 3.15. The smallest absolute Gasteiger partial charge is 0.338 e. The average Bonchev–Trinajstić information content (AvgIpc) is 2.79. The second kappa shape index (κ2) is 5.27. The van der Waals surface area contributed by atoms with Crippen LogP contribution in [0.3, 0.4) is 0 Å². The Labute approximate surface area is 98.1 Å². The molecule has 2 rings (SSSR count). The molecule has 0 spiro atoms. The molecular formula is C12H12N2O3. The van der Waals surface area contributed by atoms with Crippen molar-refractivity contribution in [1.29, 1.82) is 0 Å². The molecule has 2 aromatic rings. The van der Waals surface area contributed by atoms with Crippen LogP contribution in [0.5, 0.6) is 0 Å². The van der Waals surface area contributed by atoms with E-state index < -0.39 is 5.97 Å².